The van der Waals surface area contributed by atoms with Crippen LogP contribution in [-0.4, -0.2) is 23.5 Å². The van der Waals surface area contributed by atoms with Crippen LogP contribution in [-0.2, 0) is 4.79 Å². The van der Waals surface area contributed by atoms with Crippen molar-refractivity contribution in [2.75, 3.05) is 17.6 Å². The summed E-state index contributed by atoms with van der Waals surface area (Å²) >= 11 is 0. The highest BCUT2D eigenvalue weighted by Gasteiger charge is 2.06. The molecule has 2 rings (SSSR count). The van der Waals surface area contributed by atoms with Crippen LogP contribution in [0.2, 0.25) is 0 Å². The summed E-state index contributed by atoms with van der Waals surface area (Å²) in [5, 5.41) is 6.97. The van der Waals surface area contributed by atoms with Crippen LogP contribution in [0.5, 0.6) is 0 Å². The molecule has 0 bridgehead atoms. The van der Waals surface area contributed by atoms with Gasteiger partial charge >= 0.3 is 0 Å². The minimum Gasteiger partial charge on any atom is -0.397 e. The van der Waals surface area contributed by atoms with Gasteiger partial charge in [0.15, 0.2) is 0 Å². The summed E-state index contributed by atoms with van der Waals surface area (Å²) in [5.41, 5.74) is 8.48. The van der Waals surface area contributed by atoms with Gasteiger partial charge < -0.3 is 16.4 Å². The van der Waals surface area contributed by atoms with Crippen LogP contribution in [0.3, 0.4) is 0 Å². The molecule has 5 nitrogen and oxygen atoms in total. The molecule has 5 heteroatoms. The number of hydrogen-bond acceptors (Lipinski definition) is 4. The van der Waals surface area contributed by atoms with E-state index in [0.29, 0.717) is 18.7 Å². The number of nitrogens with two attached hydrogens (primary N) is 1. The zero-order valence-electron chi connectivity index (χ0n) is 11.8. The molecular weight excluding hydrogens is 252 g/mol. The van der Waals surface area contributed by atoms with Crippen LogP contribution in [0.1, 0.15) is 20.3 Å². The first-order valence-electron chi connectivity index (χ1n) is 6.74. The molecule has 2 aromatic rings. The Balaban J connectivity index is 2.00. The fourth-order valence-corrected chi connectivity index (χ4v) is 2.03. The second-order valence-electron chi connectivity index (χ2n) is 5.00. The molecule has 1 aromatic heterocycles. The number of pyridine rings is 1. The van der Waals surface area contributed by atoms with E-state index in [-0.39, 0.29) is 11.9 Å². The van der Waals surface area contributed by atoms with Crippen LogP contribution in [0.4, 0.5) is 11.4 Å². The molecule has 0 spiro atoms. The molecule has 1 heterocycles. The van der Waals surface area contributed by atoms with Crippen LogP contribution < -0.4 is 16.4 Å². The quantitative estimate of drug-likeness (QED) is 0.729. The van der Waals surface area contributed by atoms with Gasteiger partial charge in [-0.2, -0.15) is 0 Å². The number of amides is 1. The lowest BCUT2D eigenvalue weighted by Crippen LogP contribution is -2.31. The Hall–Kier alpha value is -2.30. The highest BCUT2D eigenvalue weighted by Crippen LogP contribution is 2.27. The Bertz CT molecular complexity index is 610. The minimum absolute atomic E-state index is 0.0357. The van der Waals surface area contributed by atoms with Gasteiger partial charge in [-0.25, -0.2) is 0 Å². The molecule has 0 radical (unpaired) electrons. The van der Waals surface area contributed by atoms with Crippen molar-refractivity contribution in [1.29, 1.82) is 0 Å². The van der Waals surface area contributed by atoms with E-state index < -0.39 is 0 Å². The van der Waals surface area contributed by atoms with E-state index in [9.17, 15) is 4.79 Å². The highest BCUT2D eigenvalue weighted by atomic mass is 16.1. The number of anilines is 2. The monoisotopic (exact) mass is 272 g/mol. The lowest BCUT2D eigenvalue weighted by Gasteiger charge is -2.12. The maximum absolute atomic E-state index is 11.5. The molecule has 0 aliphatic heterocycles. The Morgan fingerprint density at radius 3 is 2.90 bits per heavy atom. The lowest BCUT2D eigenvalue weighted by atomic mass is 10.1. The first-order valence-corrected chi connectivity index (χ1v) is 6.74. The van der Waals surface area contributed by atoms with Gasteiger partial charge in [-0.05, 0) is 38.1 Å². The largest absolute Gasteiger partial charge is 0.397 e. The standard InChI is InChI=1S/C15H20N4O/c1-10(2)19-14(20)7-9-18-13-6-5-12-11(15(13)16)4-3-8-17-12/h3-6,8,10,18H,7,9,16H2,1-2H3,(H,19,20). The van der Waals surface area contributed by atoms with Crippen molar-refractivity contribution in [1.82, 2.24) is 10.3 Å². The predicted molar refractivity (Wildman–Crippen MR) is 82.5 cm³/mol. The summed E-state index contributed by atoms with van der Waals surface area (Å²) in [5.74, 6) is 0.0357. The second-order valence-corrected chi connectivity index (χ2v) is 5.00. The number of nitrogens with zero attached hydrogens (tertiary/aromatic N) is 1. The molecule has 4 N–H and O–H groups in total. The highest BCUT2D eigenvalue weighted by molar-refractivity contribution is 5.96. The number of fused-ring (bicyclic) bond motifs is 1. The van der Waals surface area contributed by atoms with E-state index in [4.69, 9.17) is 5.73 Å². The molecule has 0 saturated heterocycles. The number of nitrogens with one attached hydrogen (secondary N) is 2. The molecule has 0 saturated carbocycles. The number of aromatic nitrogens is 1. The summed E-state index contributed by atoms with van der Waals surface area (Å²) in [6.07, 6.45) is 2.16. The number of hydrogen-bond donors (Lipinski definition) is 3. The van der Waals surface area contributed by atoms with E-state index in [2.05, 4.69) is 15.6 Å². The van der Waals surface area contributed by atoms with Crippen LogP contribution in [0.15, 0.2) is 30.5 Å². The number of carbonyl (C=O) groups is 1. The van der Waals surface area contributed by atoms with Gasteiger partial charge in [0.25, 0.3) is 0 Å². The third-order valence-corrected chi connectivity index (χ3v) is 2.94. The van der Waals surface area contributed by atoms with Crippen molar-refractivity contribution in [2.24, 2.45) is 0 Å². The molecule has 0 atom stereocenters. The predicted octanol–water partition coefficient (Wildman–Crippen LogP) is 2.14. The molecule has 1 aromatic carbocycles. The molecule has 0 aliphatic rings. The third-order valence-electron chi connectivity index (χ3n) is 2.94. The maximum Gasteiger partial charge on any atom is 0.221 e. The van der Waals surface area contributed by atoms with Gasteiger partial charge in [0.1, 0.15) is 0 Å². The summed E-state index contributed by atoms with van der Waals surface area (Å²) in [4.78, 5) is 15.8. The first-order chi connectivity index (χ1) is 9.58. The number of benzene rings is 1. The van der Waals surface area contributed by atoms with Crippen molar-refractivity contribution in [3.8, 4) is 0 Å². The summed E-state index contributed by atoms with van der Waals surface area (Å²) in [7, 11) is 0. The maximum atomic E-state index is 11.5. The van der Waals surface area contributed by atoms with Gasteiger partial charge in [0.2, 0.25) is 5.91 Å². The topological polar surface area (TPSA) is 80.0 Å². The summed E-state index contributed by atoms with van der Waals surface area (Å²) in [6, 6.07) is 7.78. The van der Waals surface area contributed by atoms with Crippen LogP contribution in [0, 0.1) is 0 Å². The molecule has 106 valence electrons. The summed E-state index contributed by atoms with van der Waals surface area (Å²) < 4.78 is 0. The Morgan fingerprint density at radius 2 is 2.15 bits per heavy atom. The number of rotatable bonds is 5. The molecule has 0 aliphatic carbocycles. The van der Waals surface area contributed by atoms with Crippen molar-refractivity contribution < 1.29 is 4.79 Å². The molecular formula is C15H20N4O. The normalized spacial score (nSPS) is 10.8. The number of nitrogen functional groups attached to an aromatic ring is 1. The zero-order valence-corrected chi connectivity index (χ0v) is 11.8. The fraction of sp³-hybridized carbons (Fsp3) is 0.333. The average molecular weight is 272 g/mol. The van der Waals surface area contributed by atoms with Gasteiger partial charge in [0.05, 0.1) is 16.9 Å². The van der Waals surface area contributed by atoms with Gasteiger partial charge in [-0.3, -0.25) is 9.78 Å². The smallest absolute Gasteiger partial charge is 0.221 e. The molecule has 20 heavy (non-hydrogen) atoms. The van der Waals surface area contributed by atoms with Crippen molar-refractivity contribution in [3.63, 3.8) is 0 Å². The van der Waals surface area contributed by atoms with Gasteiger partial charge in [-0.1, -0.05) is 0 Å². The van der Waals surface area contributed by atoms with Gasteiger partial charge in [-0.15, -0.1) is 0 Å². The average Bonchev–Trinajstić information content (AvgIpc) is 2.41. The third kappa shape index (κ3) is 3.38. The second kappa shape index (κ2) is 6.23. The van der Waals surface area contributed by atoms with Gasteiger partial charge in [0, 0.05) is 30.6 Å². The number of carbonyl (C=O) groups excluding carboxylic acids is 1. The van der Waals surface area contributed by atoms with E-state index in [1.54, 1.807) is 6.20 Å². The van der Waals surface area contributed by atoms with Crippen molar-refractivity contribution in [3.05, 3.63) is 30.5 Å². The zero-order chi connectivity index (χ0) is 14.5. The Morgan fingerprint density at radius 1 is 1.35 bits per heavy atom. The molecule has 1 amide bonds. The first kappa shape index (κ1) is 14.1. The van der Waals surface area contributed by atoms with Crippen molar-refractivity contribution >= 4 is 28.2 Å². The summed E-state index contributed by atoms with van der Waals surface area (Å²) in [6.45, 7) is 4.44. The molecule has 0 fully saturated rings. The lowest BCUT2D eigenvalue weighted by molar-refractivity contribution is -0.121. The SMILES string of the molecule is CC(C)NC(=O)CCNc1ccc2ncccc2c1N. The Labute approximate surface area is 118 Å². The van der Waals surface area contributed by atoms with E-state index in [0.717, 1.165) is 16.6 Å². The van der Waals surface area contributed by atoms with E-state index in [1.165, 1.54) is 0 Å². The van der Waals surface area contributed by atoms with Crippen LogP contribution in [0.25, 0.3) is 10.9 Å². The minimum atomic E-state index is 0.0357. The van der Waals surface area contributed by atoms with Crippen molar-refractivity contribution in [2.45, 2.75) is 26.3 Å². The molecule has 0 unspecified atom stereocenters. The van der Waals surface area contributed by atoms with E-state index in [1.807, 2.05) is 38.1 Å². The van der Waals surface area contributed by atoms with E-state index >= 15 is 0 Å². The van der Waals surface area contributed by atoms with Crippen LogP contribution >= 0.6 is 0 Å². The fourth-order valence-electron chi connectivity index (χ4n) is 2.03. The Kier molecular flexibility index (Phi) is 4.40.